The lowest BCUT2D eigenvalue weighted by Gasteiger charge is -2.09. The molecule has 13 heavy (non-hydrogen) atoms. The van der Waals surface area contributed by atoms with Crippen LogP contribution in [0.25, 0.3) is 0 Å². The first-order valence-corrected chi connectivity index (χ1v) is 3.85. The molecule has 4 heteroatoms. The number of hydrogen-bond donors (Lipinski definition) is 3. The summed E-state index contributed by atoms with van der Waals surface area (Å²) in [4.78, 5) is 0. The highest BCUT2D eigenvalue weighted by Crippen LogP contribution is 2.28. The van der Waals surface area contributed by atoms with E-state index in [0.717, 1.165) is 0 Å². The van der Waals surface area contributed by atoms with Gasteiger partial charge < -0.3 is 20.1 Å². The predicted octanol–water partition coefficient (Wildman–Crippen LogP) is 0.426. The number of methoxy groups -OCH3 is 1. The summed E-state index contributed by atoms with van der Waals surface area (Å²) in [5.74, 6) is 0.293. The smallest absolute Gasteiger partial charge is 0.160 e. The predicted molar refractivity (Wildman–Crippen MR) is 46.7 cm³/mol. The molecule has 4 nitrogen and oxygen atoms in total. The average Bonchev–Trinajstić information content (AvgIpc) is 2.16. The fourth-order valence-corrected chi connectivity index (χ4v) is 1.02. The molecular weight excluding hydrogens is 172 g/mol. The first-order valence-electron chi connectivity index (χ1n) is 3.85. The SMILES string of the molecule is COc1ccc([C@@H](O)CO)cc1O. The minimum atomic E-state index is -0.961. The summed E-state index contributed by atoms with van der Waals surface area (Å²) in [6.45, 7) is -0.369. The van der Waals surface area contributed by atoms with Crippen LogP contribution in [-0.4, -0.2) is 29.0 Å². The van der Waals surface area contributed by atoms with Gasteiger partial charge in [-0.25, -0.2) is 0 Å². The number of aliphatic hydroxyl groups is 2. The van der Waals surface area contributed by atoms with Crippen molar-refractivity contribution in [3.8, 4) is 11.5 Å². The Morgan fingerprint density at radius 3 is 2.62 bits per heavy atom. The normalized spacial score (nSPS) is 12.5. The summed E-state index contributed by atoms with van der Waals surface area (Å²) in [6.07, 6.45) is -0.961. The van der Waals surface area contributed by atoms with Crippen LogP contribution >= 0.6 is 0 Å². The molecule has 0 bridgehead atoms. The van der Waals surface area contributed by atoms with Gasteiger partial charge in [0.2, 0.25) is 0 Å². The lowest BCUT2D eigenvalue weighted by Crippen LogP contribution is -2.02. The third kappa shape index (κ3) is 2.11. The van der Waals surface area contributed by atoms with Gasteiger partial charge in [0.15, 0.2) is 11.5 Å². The number of ether oxygens (including phenoxy) is 1. The molecule has 3 N–H and O–H groups in total. The highest BCUT2D eigenvalue weighted by molar-refractivity contribution is 5.42. The summed E-state index contributed by atoms with van der Waals surface area (Å²) in [6, 6.07) is 4.47. The van der Waals surface area contributed by atoms with E-state index >= 15 is 0 Å². The minimum absolute atomic E-state index is 0.0486. The Balaban J connectivity index is 2.95. The maximum absolute atomic E-state index is 9.32. The molecule has 0 heterocycles. The summed E-state index contributed by atoms with van der Waals surface area (Å²) < 4.78 is 4.82. The second-order valence-corrected chi connectivity index (χ2v) is 2.63. The van der Waals surface area contributed by atoms with Crippen LogP contribution in [0, 0.1) is 0 Å². The lowest BCUT2D eigenvalue weighted by molar-refractivity contribution is 0.0953. The van der Waals surface area contributed by atoms with Crippen molar-refractivity contribution in [2.75, 3.05) is 13.7 Å². The van der Waals surface area contributed by atoms with Crippen molar-refractivity contribution in [3.63, 3.8) is 0 Å². The molecule has 72 valence electrons. The van der Waals surface area contributed by atoms with E-state index in [-0.39, 0.29) is 12.4 Å². The fraction of sp³-hybridized carbons (Fsp3) is 0.333. The van der Waals surface area contributed by atoms with Crippen molar-refractivity contribution in [2.24, 2.45) is 0 Å². The van der Waals surface area contributed by atoms with Gasteiger partial charge in [-0.1, -0.05) is 6.07 Å². The zero-order chi connectivity index (χ0) is 9.84. The topological polar surface area (TPSA) is 69.9 Å². The monoisotopic (exact) mass is 184 g/mol. The van der Waals surface area contributed by atoms with E-state index in [9.17, 15) is 10.2 Å². The maximum Gasteiger partial charge on any atom is 0.160 e. The van der Waals surface area contributed by atoms with Crippen LogP contribution in [0.3, 0.4) is 0 Å². The number of benzene rings is 1. The van der Waals surface area contributed by atoms with Crippen LogP contribution in [0.15, 0.2) is 18.2 Å². The summed E-state index contributed by atoms with van der Waals surface area (Å²) in [5, 5.41) is 27.2. The number of phenolic OH excluding ortho intramolecular Hbond substituents is 1. The molecule has 0 unspecified atom stereocenters. The van der Waals surface area contributed by atoms with E-state index < -0.39 is 6.10 Å². The number of aliphatic hydroxyl groups excluding tert-OH is 2. The molecule has 0 aliphatic heterocycles. The number of rotatable bonds is 3. The molecule has 1 aromatic rings. The van der Waals surface area contributed by atoms with Gasteiger partial charge in [-0.15, -0.1) is 0 Å². The highest BCUT2D eigenvalue weighted by atomic mass is 16.5. The molecule has 0 aliphatic carbocycles. The Morgan fingerprint density at radius 2 is 2.15 bits per heavy atom. The van der Waals surface area contributed by atoms with Gasteiger partial charge in [-0.05, 0) is 17.7 Å². The Labute approximate surface area is 76.0 Å². The average molecular weight is 184 g/mol. The largest absolute Gasteiger partial charge is 0.504 e. The van der Waals surface area contributed by atoms with E-state index in [0.29, 0.717) is 11.3 Å². The van der Waals surface area contributed by atoms with Crippen molar-refractivity contribution >= 4 is 0 Å². The molecule has 1 aromatic carbocycles. The third-order valence-corrected chi connectivity index (χ3v) is 1.76. The van der Waals surface area contributed by atoms with Crippen LogP contribution in [0.1, 0.15) is 11.7 Å². The van der Waals surface area contributed by atoms with E-state index in [1.54, 1.807) is 6.07 Å². The van der Waals surface area contributed by atoms with Gasteiger partial charge in [-0.3, -0.25) is 0 Å². The lowest BCUT2D eigenvalue weighted by atomic mass is 10.1. The molecule has 0 saturated heterocycles. The van der Waals surface area contributed by atoms with E-state index in [4.69, 9.17) is 9.84 Å². The summed E-state index contributed by atoms with van der Waals surface area (Å²) >= 11 is 0. The van der Waals surface area contributed by atoms with E-state index in [2.05, 4.69) is 0 Å². The second kappa shape index (κ2) is 4.11. The molecule has 0 radical (unpaired) electrons. The third-order valence-electron chi connectivity index (χ3n) is 1.76. The van der Waals surface area contributed by atoms with Crippen LogP contribution in [-0.2, 0) is 0 Å². The number of hydrogen-bond acceptors (Lipinski definition) is 4. The molecule has 0 fully saturated rings. The Morgan fingerprint density at radius 1 is 1.46 bits per heavy atom. The van der Waals surface area contributed by atoms with Crippen molar-refractivity contribution in [1.29, 1.82) is 0 Å². The first-order chi connectivity index (χ1) is 6.19. The van der Waals surface area contributed by atoms with Crippen molar-refractivity contribution in [3.05, 3.63) is 23.8 Å². The summed E-state index contributed by atoms with van der Waals surface area (Å²) in [7, 11) is 1.44. The zero-order valence-electron chi connectivity index (χ0n) is 7.27. The minimum Gasteiger partial charge on any atom is -0.504 e. The van der Waals surface area contributed by atoms with Crippen LogP contribution in [0.5, 0.6) is 11.5 Å². The molecule has 0 aliphatic rings. The Bertz CT molecular complexity index is 285. The number of phenols is 1. The van der Waals surface area contributed by atoms with E-state index in [1.807, 2.05) is 0 Å². The Kier molecular flexibility index (Phi) is 3.11. The molecule has 0 aromatic heterocycles. The van der Waals surface area contributed by atoms with Crippen molar-refractivity contribution in [1.82, 2.24) is 0 Å². The van der Waals surface area contributed by atoms with Gasteiger partial charge in [0.25, 0.3) is 0 Å². The van der Waals surface area contributed by atoms with Crippen molar-refractivity contribution < 1.29 is 20.1 Å². The molecule has 0 amide bonds. The van der Waals surface area contributed by atoms with Crippen molar-refractivity contribution in [2.45, 2.75) is 6.10 Å². The number of aromatic hydroxyl groups is 1. The molecule has 1 atom stereocenters. The molecule has 0 saturated carbocycles. The summed E-state index contributed by atoms with van der Waals surface area (Å²) in [5.41, 5.74) is 0.459. The van der Waals surface area contributed by atoms with E-state index in [1.165, 1.54) is 19.2 Å². The fourth-order valence-electron chi connectivity index (χ4n) is 1.02. The zero-order valence-corrected chi connectivity index (χ0v) is 7.27. The maximum atomic E-state index is 9.32. The van der Waals surface area contributed by atoms with Crippen LogP contribution in [0.4, 0.5) is 0 Å². The Hall–Kier alpha value is -1.26. The standard InChI is InChI=1S/C9H12O4/c1-13-9-3-2-6(4-7(9)11)8(12)5-10/h2-4,8,10-12H,5H2,1H3/t8-/m0/s1. The van der Waals surface area contributed by atoms with Gasteiger partial charge >= 0.3 is 0 Å². The molecule has 1 rings (SSSR count). The first kappa shape index (κ1) is 9.83. The van der Waals surface area contributed by atoms with Gasteiger partial charge in [0.1, 0.15) is 6.10 Å². The molecule has 0 spiro atoms. The highest BCUT2D eigenvalue weighted by Gasteiger charge is 2.08. The van der Waals surface area contributed by atoms with Gasteiger partial charge in [0, 0.05) is 0 Å². The van der Waals surface area contributed by atoms with Crippen LogP contribution < -0.4 is 4.74 Å². The van der Waals surface area contributed by atoms with Crippen LogP contribution in [0.2, 0.25) is 0 Å². The van der Waals surface area contributed by atoms with Gasteiger partial charge in [0.05, 0.1) is 13.7 Å². The van der Waals surface area contributed by atoms with Gasteiger partial charge in [-0.2, -0.15) is 0 Å². The second-order valence-electron chi connectivity index (χ2n) is 2.63. The molecular formula is C9H12O4. The quantitative estimate of drug-likeness (QED) is 0.637.